The van der Waals surface area contributed by atoms with E-state index < -0.39 is 0 Å². The second kappa shape index (κ2) is 9.54. The zero-order valence-electron chi connectivity index (χ0n) is 18.0. The molecule has 1 aliphatic rings. The van der Waals surface area contributed by atoms with Gasteiger partial charge in [0.05, 0.1) is 25.9 Å². The molecule has 30 heavy (non-hydrogen) atoms. The Labute approximate surface area is 177 Å². The molecule has 158 valence electrons. The number of methoxy groups -OCH3 is 1. The molecule has 0 spiro atoms. The van der Waals surface area contributed by atoms with Gasteiger partial charge >= 0.3 is 0 Å². The fourth-order valence-electron chi connectivity index (χ4n) is 3.45. The fourth-order valence-corrected chi connectivity index (χ4v) is 3.45. The molecule has 7 nitrogen and oxygen atoms in total. The number of carbonyl (C=O) groups is 2. The van der Waals surface area contributed by atoms with Gasteiger partial charge in [0.2, 0.25) is 0 Å². The van der Waals surface area contributed by atoms with E-state index in [2.05, 4.69) is 5.10 Å². The Morgan fingerprint density at radius 2 is 1.77 bits per heavy atom. The maximum absolute atomic E-state index is 13.1. The third-order valence-electron chi connectivity index (χ3n) is 5.18. The van der Waals surface area contributed by atoms with Crippen molar-refractivity contribution in [3.8, 4) is 5.75 Å². The minimum Gasteiger partial charge on any atom is -0.497 e. The number of carbonyl (C=O) groups excluding carboxylic acids is 2. The van der Waals surface area contributed by atoms with Gasteiger partial charge in [-0.2, -0.15) is 5.10 Å². The Balaban J connectivity index is 1.82. The van der Waals surface area contributed by atoms with Crippen molar-refractivity contribution in [2.45, 2.75) is 12.5 Å². The summed E-state index contributed by atoms with van der Waals surface area (Å²) in [5.74, 6) is 0.651. The monoisotopic (exact) mass is 409 g/mol. The van der Waals surface area contributed by atoms with Crippen LogP contribution in [-0.4, -0.2) is 68.8 Å². The second-order valence-electron chi connectivity index (χ2n) is 7.74. The number of hydrogen-bond acceptors (Lipinski definition) is 4. The van der Waals surface area contributed by atoms with Crippen LogP contribution in [0.1, 0.15) is 23.6 Å². The third-order valence-corrected chi connectivity index (χ3v) is 5.18. The average Bonchev–Trinajstić information content (AvgIpc) is 3.20. The molecule has 2 atom stereocenters. The summed E-state index contributed by atoms with van der Waals surface area (Å²) in [6.07, 6.45) is 0.637. The van der Waals surface area contributed by atoms with Crippen LogP contribution in [0.2, 0.25) is 0 Å². The van der Waals surface area contributed by atoms with Gasteiger partial charge in [0.15, 0.2) is 13.1 Å². The van der Waals surface area contributed by atoms with Crippen molar-refractivity contribution in [1.82, 2.24) is 9.91 Å². The highest BCUT2D eigenvalue weighted by molar-refractivity contribution is 6.03. The molecule has 0 saturated heterocycles. The first kappa shape index (κ1) is 21.5. The summed E-state index contributed by atoms with van der Waals surface area (Å²) in [6, 6.07) is 17.5. The van der Waals surface area contributed by atoms with Crippen molar-refractivity contribution in [1.29, 1.82) is 0 Å². The van der Waals surface area contributed by atoms with Crippen LogP contribution in [0.5, 0.6) is 5.75 Å². The van der Waals surface area contributed by atoms with Gasteiger partial charge in [0.1, 0.15) is 5.75 Å². The van der Waals surface area contributed by atoms with E-state index in [0.717, 1.165) is 27.5 Å². The lowest BCUT2D eigenvalue weighted by Crippen LogP contribution is -3.11. The molecular formula is C23H29N4O3+. The van der Waals surface area contributed by atoms with Crippen molar-refractivity contribution in [2.75, 3.05) is 41.3 Å². The number of nitrogens with one attached hydrogen (secondary N) is 1. The van der Waals surface area contributed by atoms with Crippen LogP contribution in [-0.2, 0) is 9.59 Å². The van der Waals surface area contributed by atoms with Crippen molar-refractivity contribution in [2.24, 2.45) is 5.10 Å². The van der Waals surface area contributed by atoms with Crippen LogP contribution >= 0.6 is 0 Å². The van der Waals surface area contributed by atoms with E-state index in [1.807, 2.05) is 61.6 Å². The van der Waals surface area contributed by atoms with Gasteiger partial charge in [-0.05, 0) is 23.3 Å². The summed E-state index contributed by atoms with van der Waals surface area (Å²) in [5, 5.41) is 6.26. The maximum atomic E-state index is 13.1. The number of hydrazone groups is 1. The van der Waals surface area contributed by atoms with Crippen LogP contribution in [0.3, 0.4) is 0 Å². The predicted molar refractivity (Wildman–Crippen MR) is 115 cm³/mol. The third kappa shape index (κ3) is 5.04. The molecule has 1 unspecified atom stereocenters. The molecule has 0 bridgehead atoms. The molecule has 0 fully saturated rings. The van der Waals surface area contributed by atoms with Crippen LogP contribution in [0.15, 0.2) is 59.7 Å². The van der Waals surface area contributed by atoms with E-state index in [9.17, 15) is 9.59 Å². The van der Waals surface area contributed by atoms with Gasteiger partial charge in [0.25, 0.3) is 11.8 Å². The fraction of sp³-hybridized carbons (Fsp3) is 0.348. The predicted octanol–water partition coefficient (Wildman–Crippen LogP) is 0.976. The molecule has 0 saturated carbocycles. The Kier molecular flexibility index (Phi) is 6.84. The normalized spacial score (nSPS) is 16.7. The molecular weight excluding hydrogens is 380 g/mol. The molecule has 0 radical (unpaired) electrons. The molecule has 7 heteroatoms. The smallest absolute Gasteiger partial charge is 0.298 e. The molecule has 1 heterocycles. The number of likely N-dealkylation sites (N-methyl/N-ethyl adjacent to an activating group) is 2. The standard InChI is InChI=1S/C23H28N4O3/c1-25(2)22(28)15-26(3)16-23(29)27-21(18-10-12-19(30-4)13-11-18)14-20(24-27)17-8-6-5-7-9-17/h5-13,21H,14-16H2,1-4H3/p+1/t21-/m0/s1. The van der Waals surface area contributed by atoms with E-state index in [-0.39, 0.29) is 30.9 Å². The molecule has 1 aliphatic heterocycles. The quantitative estimate of drug-likeness (QED) is 0.741. The summed E-state index contributed by atoms with van der Waals surface area (Å²) in [7, 11) is 6.91. The van der Waals surface area contributed by atoms with Gasteiger partial charge < -0.3 is 14.5 Å². The van der Waals surface area contributed by atoms with Crippen molar-refractivity contribution in [3.63, 3.8) is 0 Å². The summed E-state index contributed by atoms with van der Waals surface area (Å²) in [5.41, 5.74) is 2.89. The zero-order valence-corrected chi connectivity index (χ0v) is 18.0. The second-order valence-corrected chi connectivity index (χ2v) is 7.74. The largest absolute Gasteiger partial charge is 0.497 e. The van der Waals surface area contributed by atoms with E-state index >= 15 is 0 Å². The number of hydrogen-bond donors (Lipinski definition) is 1. The summed E-state index contributed by atoms with van der Waals surface area (Å²) in [4.78, 5) is 27.5. The minimum atomic E-state index is -0.184. The minimum absolute atomic E-state index is 0.0121. The lowest BCUT2D eigenvalue weighted by Gasteiger charge is -2.24. The summed E-state index contributed by atoms with van der Waals surface area (Å²) >= 11 is 0. The van der Waals surface area contributed by atoms with E-state index in [1.54, 1.807) is 26.2 Å². The number of quaternary nitrogens is 1. The highest BCUT2D eigenvalue weighted by Gasteiger charge is 2.34. The molecule has 2 aromatic carbocycles. The number of ether oxygens (including phenoxy) is 1. The molecule has 1 N–H and O–H groups in total. The van der Waals surface area contributed by atoms with Gasteiger partial charge in [-0.15, -0.1) is 0 Å². The lowest BCUT2D eigenvalue weighted by molar-refractivity contribution is -0.863. The number of rotatable bonds is 7. The van der Waals surface area contributed by atoms with Crippen LogP contribution in [0.25, 0.3) is 0 Å². The van der Waals surface area contributed by atoms with Crippen LogP contribution in [0.4, 0.5) is 0 Å². The van der Waals surface area contributed by atoms with E-state index in [0.29, 0.717) is 6.42 Å². The number of benzene rings is 2. The Morgan fingerprint density at radius 1 is 1.10 bits per heavy atom. The van der Waals surface area contributed by atoms with Crippen molar-refractivity contribution in [3.05, 3.63) is 65.7 Å². The highest BCUT2D eigenvalue weighted by atomic mass is 16.5. The average molecular weight is 410 g/mol. The Bertz CT molecular complexity index is 910. The van der Waals surface area contributed by atoms with E-state index in [4.69, 9.17) is 4.74 Å². The Hall–Kier alpha value is -3.19. The first-order chi connectivity index (χ1) is 14.4. The van der Waals surface area contributed by atoms with Crippen LogP contribution in [0, 0.1) is 0 Å². The van der Waals surface area contributed by atoms with Gasteiger partial charge in [-0.3, -0.25) is 9.59 Å². The summed E-state index contributed by atoms with van der Waals surface area (Å²) in [6.45, 7) is 0.451. The van der Waals surface area contributed by atoms with Gasteiger partial charge in [-0.25, -0.2) is 5.01 Å². The van der Waals surface area contributed by atoms with Crippen molar-refractivity contribution >= 4 is 17.5 Å². The number of nitrogens with zero attached hydrogens (tertiary/aromatic N) is 3. The van der Waals surface area contributed by atoms with Crippen molar-refractivity contribution < 1.29 is 19.2 Å². The zero-order chi connectivity index (χ0) is 21.7. The van der Waals surface area contributed by atoms with Gasteiger partial charge in [0, 0.05) is 20.5 Å². The molecule has 2 aromatic rings. The molecule has 2 amide bonds. The molecule has 0 aromatic heterocycles. The topological polar surface area (TPSA) is 66.6 Å². The maximum Gasteiger partial charge on any atom is 0.298 e. The summed E-state index contributed by atoms with van der Waals surface area (Å²) < 4.78 is 5.26. The lowest BCUT2D eigenvalue weighted by atomic mass is 9.98. The first-order valence-corrected chi connectivity index (χ1v) is 9.99. The van der Waals surface area contributed by atoms with Gasteiger partial charge in [-0.1, -0.05) is 42.5 Å². The first-order valence-electron chi connectivity index (χ1n) is 9.99. The van der Waals surface area contributed by atoms with E-state index in [1.165, 1.54) is 4.90 Å². The SMILES string of the molecule is COc1ccc([C@@H]2CC(c3ccccc3)=NN2C(=O)C[NH+](C)CC(=O)N(C)C)cc1. The molecule has 3 rings (SSSR count). The highest BCUT2D eigenvalue weighted by Crippen LogP contribution is 2.33. The molecule has 0 aliphatic carbocycles. The Morgan fingerprint density at radius 3 is 2.37 bits per heavy atom. The number of amides is 2. The van der Waals surface area contributed by atoms with Crippen LogP contribution < -0.4 is 9.64 Å².